The van der Waals surface area contributed by atoms with Crippen LogP contribution in [0, 0.1) is 5.82 Å². The highest BCUT2D eigenvalue weighted by Crippen LogP contribution is 2.24. The molecule has 1 aliphatic rings. The number of nitrogens with zero attached hydrogens (tertiary/aromatic N) is 2. The van der Waals surface area contributed by atoms with Crippen LogP contribution in [-0.4, -0.2) is 41.9 Å². The van der Waals surface area contributed by atoms with Gasteiger partial charge in [0.25, 0.3) is 5.91 Å². The minimum absolute atomic E-state index is 0.00191. The standard InChI is InChI=1S/C17H19FN2O2/c1-13(14-5-2-3-6-15(14)18)19-8-10-20(11-9-19)17(21)16-7-4-12-22-16/h2-7,12-13H,8-11H2,1H3/t13-/m0/s1. The van der Waals surface area contributed by atoms with E-state index in [2.05, 4.69) is 4.90 Å². The van der Waals surface area contributed by atoms with E-state index in [4.69, 9.17) is 4.42 Å². The van der Waals surface area contributed by atoms with E-state index in [0.717, 1.165) is 13.1 Å². The number of hydrogen-bond acceptors (Lipinski definition) is 3. The van der Waals surface area contributed by atoms with Crippen molar-refractivity contribution in [3.8, 4) is 0 Å². The highest BCUT2D eigenvalue weighted by atomic mass is 19.1. The molecule has 0 unspecified atom stereocenters. The number of carbonyl (C=O) groups excluding carboxylic acids is 1. The van der Waals surface area contributed by atoms with Gasteiger partial charge < -0.3 is 9.32 Å². The van der Waals surface area contributed by atoms with Crippen molar-refractivity contribution in [2.45, 2.75) is 13.0 Å². The molecule has 1 amide bonds. The zero-order valence-corrected chi connectivity index (χ0v) is 12.5. The molecule has 0 N–H and O–H groups in total. The molecule has 1 aromatic heterocycles. The van der Waals surface area contributed by atoms with Crippen molar-refractivity contribution < 1.29 is 13.6 Å². The lowest BCUT2D eigenvalue weighted by Gasteiger charge is -2.38. The summed E-state index contributed by atoms with van der Waals surface area (Å²) >= 11 is 0. The lowest BCUT2D eigenvalue weighted by Crippen LogP contribution is -2.49. The number of amides is 1. The Labute approximate surface area is 129 Å². The third-order valence-electron chi connectivity index (χ3n) is 4.24. The molecule has 22 heavy (non-hydrogen) atoms. The van der Waals surface area contributed by atoms with E-state index >= 15 is 0 Å². The van der Waals surface area contributed by atoms with Crippen molar-refractivity contribution in [3.05, 3.63) is 59.8 Å². The van der Waals surface area contributed by atoms with Gasteiger partial charge in [-0.2, -0.15) is 0 Å². The molecule has 3 rings (SSSR count). The Balaban J connectivity index is 1.62. The molecule has 2 heterocycles. The van der Waals surface area contributed by atoms with Gasteiger partial charge in [0.15, 0.2) is 5.76 Å². The summed E-state index contributed by atoms with van der Waals surface area (Å²) in [5, 5.41) is 0. The van der Waals surface area contributed by atoms with Crippen LogP contribution in [0.2, 0.25) is 0 Å². The second-order valence-electron chi connectivity index (χ2n) is 5.50. The zero-order valence-electron chi connectivity index (χ0n) is 12.5. The SMILES string of the molecule is C[C@@H](c1ccccc1F)N1CCN(C(=O)c2ccco2)CC1. The molecule has 1 aromatic carbocycles. The first kappa shape index (κ1) is 14.8. The van der Waals surface area contributed by atoms with Crippen LogP contribution in [0.4, 0.5) is 4.39 Å². The minimum Gasteiger partial charge on any atom is -0.459 e. The fraction of sp³-hybridized carbons (Fsp3) is 0.353. The third-order valence-corrected chi connectivity index (χ3v) is 4.24. The molecular formula is C17H19FN2O2. The van der Waals surface area contributed by atoms with Crippen LogP contribution < -0.4 is 0 Å². The Morgan fingerprint density at radius 3 is 2.50 bits per heavy atom. The maximum Gasteiger partial charge on any atom is 0.289 e. The Morgan fingerprint density at radius 1 is 1.14 bits per heavy atom. The van der Waals surface area contributed by atoms with Crippen LogP contribution in [0.25, 0.3) is 0 Å². The van der Waals surface area contributed by atoms with Gasteiger partial charge in [-0.25, -0.2) is 4.39 Å². The molecule has 116 valence electrons. The zero-order chi connectivity index (χ0) is 15.5. The Bertz CT molecular complexity index is 634. The number of halogens is 1. The quantitative estimate of drug-likeness (QED) is 0.874. The Hall–Kier alpha value is -2.14. The summed E-state index contributed by atoms with van der Waals surface area (Å²) in [7, 11) is 0. The molecule has 0 aliphatic carbocycles. The lowest BCUT2D eigenvalue weighted by atomic mass is 10.1. The molecule has 0 radical (unpaired) electrons. The van der Waals surface area contributed by atoms with E-state index in [-0.39, 0.29) is 17.8 Å². The number of piperazine rings is 1. The fourth-order valence-corrected chi connectivity index (χ4v) is 2.88. The molecule has 1 fully saturated rings. The van der Waals surface area contributed by atoms with Gasteiger partial charge in [0, 0.05) is 37.8 Å². The van der Waals surface area contributed by atoms with Crippen molar-refractivity contribution in [1.82, 2.24) is 9.80 Å². The average molecular weight is 302 g/mol. The molecular weight excluding hydrogens is 283 g/mol. The van der Waals surface area contributed by atoms with Crippen molar-refractivity contribution >= 4 is 5.91 Å². The van der Waals surface area contributed by atoms with Crippen LogP contribution in [0.1, 0.15) is 29.1 Å². The first-order valence-corrected chi connectivity index (χ1v) is 7.48. The van der Waals surface area contributed by atoms with Crippen molar-refractivity contribution in [1.29, 1.82) is 0 Å². The van der Waals surface area contributed by atoms with Gasteiger partial charge in [-0.05, 0) is 25.1 Å². The Morgan fingerprint density at radius 2 is 1.86 bits per heavy atom. The summed E-state index contributed by atoms with van der Waals surface area (Å²) < 4.78 is 19.0. The van der Waals surface area contributed by atoms with E-state index in [1.165, 1.54) is 12.3 Å². The number of furan rings is 1. The highest BCUT2D eigenvalue weighted by molar-refractivity contribution is 5.91. The van der Waals surface area contributed by atoms with Crippen molar-refractivity contribution in [2.24, 2.45) is 0 Å². The van der Waals surface area contributed by atoms with Crippen LogP contribution in [0.5, 0.6) is 0 Å². The summed E-state index contributed by atoms with van der Waals surface area (Å²) in [5.74, 6) is 0.114. The predicted molar refractivity (Wildman–Crippen MR) is 81.0 cm³/mol. The lowest BCUT2D eigenvalue weighted by molar-refractivity contribution is 0.0550. The van der Waals surface area contributed by atoms with E-state index in [1.54, 1.807) is 23.1 Å². The summed E-state index contributed by atoms with van der Waals surface area (Å²) in [4.78, 5) is 16.2. The summed E-state index contributed by atoms with van der Waals surface area (Å²) in [6.07, 6.45) is 1.50. The molecule has 0 bridgehead atoms. The highest BCUT2D eigenvalue weighted by Gasteiger charge is 2.27. The van der Waals surface area contributed by atoms with E-state index in [0.29, 0.717) is 24.4 Å². The molecule has 0 spiro atoms. The van der Waals surface area contributed by atoms with E-state index in [1.807, 2.05) is 19.1 Å². The second kappa shape index (κ2) is 6.32. The van der Waals surface area contributed by atoms with Gasteiger partial charge in [0.1, 0.15) is 5.82 Å². The number of benzene rings is 1. The number of rotatable bonds is 3. The summed E-state index contributed by atoms with van der Waals surface area (Å²) in [6, 6.07) is 10.3. The maximum atomic E-state index is 13.9. The topological polar surface area (TPSA) is 36.7 Å². The normalized spacial score (nSPS) is 17.5. The van der Waals surface area contributed by atoms with Crippen LogP contribution in [0.3, 0.4) is 0 Å². The van der Waals surface area contributed by atoms with Gasteiger partial charge in [0.2, 0.25) is 0 Å². The first-order chi connectivity index (χ1) is 10.7. The third kappa shape index (κ3) is 2.90. The molecule has 1 saturated heterocycles. The first-order valence-electron chi connectivity index (χ1n) is 7.48. The summed E-state index contributed by atoms with van der Waals surface area (Å²) in [6.45, 7) is 4.70. The monoisotopic (exact) mass is 302 g/mol. The Kier molecular flexibility index (Phi) is 4.24. The molecule has 5 heteroatoms. The predicted octanol–water partition coefficient (Wildman–Crippen LogP) is 2.94. The van der Waals surface area contributed by atoms with Crippen molar-refractivity contribution in [3.63, 3.8) is 0 Å². The van der Waals surface area contributed by atoms with Gasteiger partial charge in [-0.3, -0.25) is 9.69 Å². The number of hydrogen-bond donors (Lipinski definition) is 0. The minimum atomic E-state index is -0.177. The molecule has 2 aromatic rings. The maximum absolute atomic E-state index is 13.9. The van der Waals surface area contributed by atoms with Gasteiger partial charge >= 0.3 is 0 Å². The van der Waals surface area contributed by atoms with Crippen molar-refractivity contribution in [2.75, 3.05) is 26.2 Å². The van der Waals surface area contributed by atoms with Gasteiger partial charge in [-0.15, -0.1) is 0 Å². The molecule has 0 saturated carbocycles. The van der Waals surface area contributed by atoms with E-state index in [9.17, 15) is 9.18 Å². The van der Waals surface area contributed by atoms with Crippen LogP contribution in [0.15, 0.2) is 47.1 Å². The summed E-state index contributed by atoms with van der Waals surface area (Å²) in [5.41, 5.74) is 0.702. The molecule has 4 nitrogen and oxygen atoms in total. The number of carbonyl (C=O) groups is 1. The van der Waals surface area contributed by atoms with E-state index < -0.39 is 0 Å². The molecule has 1 atom stereocenters. The second-order valence-corrected chi connectivity index (χ2v) is 5.50. The van der Waals surface area contributed by atoms with Crippen LogP contribution >= 0.6 is 0 Å². The van der Waals surface area contributed by atoms with Crippen LogP contribution in [-0.2, 0) is 0 Å². The van der Waals surface area contributed by atoms with Gasteiger partial charge in [-0.1, -0.05) is 18.2 Å². The van der Waals surface area contributed by atoms with Gasteiger partial charge in [0.05, 0.1) is 6.26 Å². The largest absolute Gasteiger partial charge is 0.459 e. The average Bonchev–Trinajstić information content (AvgIpc) is 3.09. The fourth-order valence-electron chi connectivity index (χ4n) is 2.88. The smallest absolute Gasteiger partial charge is 0.289 e. The molecule has 1 aliphatic heterocycles.